The number of nitrogens with zero attached hydrogens (tertiary/aromatic N) is 2. The van der Waals surface area contributed by atoms with Crippen LogP contribution in [0, 0.1) is 6.92 Å². The first-order valence-electron chi connectivity index (χ1n) is 9.03. The van der Waals surface area contributed by atoms with Gasteiger partial charge < -0.3 is 20.1 Å². The number of anilines is 3. The molecule has 0 saturated heterocycles. The maximum atomic E-state index is 12.6. The number of hydrogen-bond donors (Lipinski definition) is 2. The van der Waals surface area contributed by atoms with E-state index in [1.165, 1.54) is 5.56 Å². The van der Waals surface area contributed by atoms with E-state index < -0.39 is 0 Å². The zero-order valence-corrected chi connectivity index (χ0v) is 15.7. The second kappa shape index (κ2) is 7.56. The Balaban J connectivity index is 1.52. The summed E-state index contributed by atoms with van der Waals surface area (Å²) in [4.78, 5) is 21.3. The molecular weight excluding hydrogens is 356 g/mol. The van der Waals surface area contributed by atoms with E-state index in [0.29, 0.717) is 23.1 Å². The molecule has 142 valence electrons. The van der Waals surface area contributed by atoms with Gasteiger partial charge in [-0.25, -0.2) is 9.97 Å². The summed E-state index contributed by atoms with van der Waals surface area (Å²) in [6.07, 6.45) is 0.953. The van der Waals surface area contributed by atoms with Crippen LogP contribution >= 0.6 is 0 Å². The second-order valence-corrected chi connectivity index (χ2v) is 6.42. The largest absolute Gasteiger partial charge is 0.454 e. The smallest absolute Gasteiger partial charge is 0.274 e. The van der Waals surface area contributed by atoms with Crippen LogP contribution < -0.4 is 20.1 Å². The number of carbonyl (C=O) groups is 1. The summed E-state index contributed by atoms with van der Waals surface area (Å²) in [6, 6.07) is 14.9. The van der Waals surface area contributed by atoms with E-state index >= 15 is 0 Å². The molecule has 2 heterocycles. The first-order valence-corrected chi connectivity index (χ1v) is 9.03. The van der Waals surface area contributed by atoms with E-state index in [1.807, 2.05) is 49.4 Å². The molecule has 0 atom stereocenters. The standard InChI is InChI=1S/C21H20N4O3/c1-3-14-4-6-15(7-5-14)23-20(26)17-10-13(2)22-21(25-17)24-16-8-9-18-19(11-16)28-12-27-18/h4-11H,3,12H2,1-2H3,(H,23,26)(H,22,24,25). The van der Waals surface area contributed by atoms with Gasteiger partial charge in [0.15, 0.2) is 11.5 Å². The molecule has 0 spiro atoms. The van der Waals surface area contributed by atoms with Gasteiger partial charge in [-0.3, -0.25) is 4.79 Å². The summed E-state index contributed by atoms with van der Waals surface area (Å²) in [6.45, 7) is 4.12. The number of benzene rings is 2. The lowest BCUT2D eigenvalue weighted by molar-refractivity contribution is 0.102. The van der Waals surface area contributed by atoms with Crippen molar-refractivity contribution >= 4 is 23.2 Å². The highest BCUT2D eigenvalue weighted by molar-refractivity contribution is 6.03. The molecule has 1 aromatic heterocycles. The third kappa shape index (κ3) is 3.88. The number of rotatable bonds is 5. The molecule has 4 rings (SSSR count). The van der Waals surface area contributed by atoms with E-state index in [0.717, 1.165) is 17.8 Å². The number of carbonyl (C=O) groups excluding carboxylic acids is 1. The molecule has 28 heavy (non-hydrogen) atoms. The fourth-order valence-corrected chi connectivity index (χ4v) is 2.86. The molecule has 2 aromatic carbocycles. The van der Waals surface area contributed by atoms with Crippen LogP contribution in [0.4, 0.5) is 17.3 Å². The summed E-state index contributed by atoms with van der Waals surface area (Å²) in [7, 11) is 0. The van der Waals surface area contributed by atoms with Crippen molar-refractivity contribution in [1.82, 2.24) is 9.97 Å². The molecule has 7 heteroatoms. The van der Waals surface area contributed by atoms with Crippen molar-refractivity contribution in [2.24, 2.45) is 0 Å². The number of amides is 1. The second-order valence-electron chi connectivity index (χ2n) is 6.42. The van der Waals surface area contributed by atoms with Gasteiger partial charge in [0.25, 0.3) is 5.91 Å². The maximum absolute atomic E-state index is 12.6. The van der Waals surface area contributed by atoms with E-state index in [2.05, 4.69) is 27.5 Å². The molecule has 0 radical (unpaired) electrons. The summed E-state index contributed by atoms with van der Waals surface area (Å²) in [5.74, 6) is 1.41. The third-order valence-electron chi connectivity index (χ3n) is 4.34. The minimum absolute atomic E-state index is 0.212. The molecule has 1 aliphatic heterocycles. The van der Waals surface area contributed by atoms with Gasteiger partial charge in [-0.2, -0.15) is 0 Å². The quantitative estimate of drug-likeness (QED) is 0.698. The van der Waals surface area contributed by atoms with Gasteiger partial charge in [0, 0.05) is 23.1 Å². The molecule has 3 aromatic rings. The average molecular weight is 376 g/mol. The number of hydrogen-bond acceptors (Lipinski definition) is 6. The normalized spacial score (nSPS) is 11.9. The van der Waals surface area contributed by atoms with Crippen molar-refractivity contribution in [2.75, 3.05) is 17.4 Å². The highest BCUT2D eigenvalue weighted by atomic mass is 16.7. The van der Waals surface area contributed by atoms with Crippen molar-refractivity contribution in [2.45, 2.75) is 20.3 Å². The molecule has 7 nitrogen and oxygen atoms in total. The number of aryl methyl sites for hydroxylation is 2. The molecule has 0 bridgehead atoms. The van der Waals surface area contributed by atoms with E-state index in [9.17, 15) is 4.79 Å². The molecule has 0 fully saturated rings. The van der Waals surface area contributed by atoms with Gasteiger partial charge in [0.2, 0.25) is 12.7 Å². The van der Waals surface area contributed by atoms with Gasteiger partial charge in [-0.15, -0.1) is 0 Å². The van der Waals surface area contributed by atoms with Crippen LogP contribution in [0.1, 0.15) is 28.7 Å². The van der Waals surface area contributed by atoms with Gasteiger partial charge in [-0.05, 0) is 49.2 Å². The molecule has 1 amide bonds. The summed E-state index contributed by atoms with van der Waals surface area (Å²) >= 11 is 0. The Kier molecular flexibility index (Phi) is 4.80. The maximum Gasteiger partial charge on any atom is 0.274 e. The van der Waals surface area contributed by atoms with Crippen LogP contribution in [-0.4, -0.2) is 22.7 Å². The first kappa shape index (κ1) is 17.8. The monoisotopic (exact) mass is 376 g/mol. The van der Waals surface area contributed by atoms with Gasteiger partial charge >= 0.3 is 0 Å². The van der Waals surface area contributed by atoms with Gasteiger partial charge in [0.05, 0.1) is 0 Å². The van der Waals surface area contributed by atoms with Crippen molar-refractivity contribution in [3.8, 4) is 11.5 Å². The van der Waals surface area contributed by atoms with Crippen LogP contribution in [0.5, 0.6) is 11.5 Å². The van der Waals surface area contributed by atoms with E-state index in [-0.39, 0.29) is 18.4 Å². The molecular formula is C21H20N4O3. The van der Waals surface area contributed by atoms with Crippen LogP contribution in [0.25, 0.3) is 0 Å². The van der Waals surface area contributed by atoms with Crippen molar-refractivity contribution in [3.05, 3.63) is 65.5 Å². The third-order valence-corrected chi connectivity index (χ3v) is 4.34. The minimum atomic E-state index is -0.288. The average Bonchev–Trinajstić information content (AvgIpc) is 3.16. The highest BCUT2D eigenvalue weighted by Gasteiger charge is 2.15. The lowest BCUT2D eigenvalue weighted by Crippen LogP contribution is -2.15. The topological polar surface area (TPSA) is 85.4 Å². The molecule has 0 unspecified atom stereocenters. The van der Waals surface area contributed by atoms with Crippen LogP contribution in [0.15, 0.2) is 48.5 Å². The molecule has 2 N–H and O–H groups in total. The molecule has 1 aliphatic rings. The predicted octanol–water partition coefficient (Wildman–Crippen LogP) is 4.07. The molecule has 0 aliphatic carbocycles. The SMILES string of the molecule is CCc1ccc(NC(=O)c2cc(C)nc(Nc3ccc4c(c3)OCO4)n2)cc1. The highest BCUT2D eigenvalue weighted by Crippen LogP contribution is 2.34. The first-order chi connectivity index (χ1) is 13.6. The zero-order valence-electron chi connectivity index (χ0n) is 15.7. The number of ether oxygens (including phenoxy) is 2. The Morgan fingerprint density at radius 2 is 1.75 bits per heavy atom. The van der Waals surface area contributed by atoms with Crippen LogP contribution in [0.3, 0.4) is 0 Å². The van der Waals surface area contributed by atoms with Crippen LogP contribution in [0.2, 0.25) is 0 Å². The lowest BCUT2D eigenvalue weighted by atomic mass is 10.1. The Morgan fingerprint density at radius 1 is 1.00 bits per heavy atom. The lowest BCUT2D eigenvalue weighted by Gasteiger charge is -2.10. The van der Waals surface area contributed by atoms with E-state index in [1.54, 1.807) is 6.07 Å². The minimum Gasteiger partial charge on any atom is -0.454 e. The van der Waals surface area contributed by atoms with E-state index in [4.69, 9.17) is 9.47 Å². The summed E-state index contributed by atoms with van der Waals surface area (Å²) in [5, 5.41) is 5.98. The number of fused-ring (bicyclic) bond motifs is 1. The Morgan fingerprint density at radius 3 is 2.54 bits per heavy atom. The Bertz CT molecular complexity index is 1020. The van der Waals surface area contributed by atoms with Crippen molar-refractivity contribution < 1.29 is 14.3 Å². The Hall–Kier alpha value is -3.61. The van der Waals surface area contributed by atoms with Crippen molar-refractivity contribution in [3.63, 3.8) is 0 Å². The summed E-state index contributed by atoms with van der Waals surface area (Å²) in [5.41, 5.74) is 3.66. The predicted molar refractivity (Wildman–Crippen MR) is 106 cm³/mol. The summed E-state index contributed by atoms with van der Waals surface area (Å²) < 4.78 is 10.7. The van der Waals surface area contributed by atoms with Crippen LogP contribution in [-0.2, 0) is 6.42 Å². The Labute approximate surface area is 162 Å². The number of aromatic nitrogens is 2. The molecule has 0 saturated carbocycles. The fourth-order valence-electron chi connectivity index (χ4n) is 2.86. The zero-order chi connectivity index (χ0) is 19.5. The fraction of sp³-hybridized carbons (Fsp3) is 0.190. The van der Waals surface area contributed by atoms with Crippen molar-refractivity contribution in [1.29, 1.82) is 0 Å². The van der Waals surface area contributed by atoms with Gasteiger partial charge in [-0.1, -0.05) is 19.1 Å². The number of nitrogens with one attached hydrogen (secondary N) is 2. The van der Waals surface area contributed by atoms with Gasteiger partial charge in [0.1, 0.15) is 5.69 Å².